The molecule has 5 nitrogen and oxygen atoms in total. The first-order chi connectivity index (χ1) is 9.97. The van der Waals surface area contributed by atoms with E-state index in [1.165, 1.54) is 30.5 Å². The quantitative estimate of drug-likeness (QED) is 0.789. The molecule has 0 aliphatic carbocycles. The molecule has 0 spiro atoms. The lowest BCUT2D eigenvalue weighted by molar-refractivity contribution is 0.1000. The molecular weight excluding hydrogens is 297 g/mol. The van der Waals surface area contributed by atoms with Crippen molar-refractivity contribution in [2.24, 2.45) is 5.73 Å². The van der Waals surface area contributed by atoms with Gasteiger partial charge in [0.25, 0.3) is 0 Å². The maximum absolute atomic E-state index is 13.1. The summed E-state index contributed by atoms with van der Waals surface area (Å²) in [4.78, 5) is 14.9. The summed E-state index contributed by atoms with van der Waals surface area (Å²) < 4.78 is 13.1. The molecule has 0 bridgehead atoms. The highest BCUT2D eigenvalue weighted by Gasteiger charge is 2.11. The molecule has 1 heterocycles. The number of nitrogens with two attached hydrogens (primary N) is 1. The number of aromatic nitrogens is 1. The van der Waals surface area contributed by atoms with Crippen molar-refractivity contribution in [2.45, 2.75) is 6.10 Å². The summed E-state index contributed by atoms with van der Waals surface area (Å²) in [5.74, 6) is -0.749. The second-order valence-corrected chi connectivity index (χ2v) is 4.78. The van der Waals surface area contributed by atoms with Crippen LogP contribution in [0.3, 0.4) is 0 Å². The zero-order valence-corrected chi connectivity index (χ0v) is 11.6. The van der Waals surface area contributed by atoms with Crippen molar-refractivity contribution in [1.29, 1.82) is 0 Å². The highest BCUT2D eigenvalue weighted by atomic mass is 35.5. The number of hydrogen-bond donors (Lipinski definition) is 3. The number of benzene rings is 1. The zero-order chi connectivity index (χ0) is 15.4. The van der Waals surface area contributed by atoms with Crippen molar-refractivity contribution in [1.82, 2.24) is 4.98 Å². The number of amides is 1. The largest absolute Gasteiger partial charge is 0.387 e. The summed E-state index contributed by atoms with van der Waals surface area (Å²) in [6.45, 7) is 0.0894. The molecule has 7 heteroatoms. The molecule has 21 heavy (non-hydrogen) atoms. The van der Waals surface area contributed by atoms with Crippen LogP contribution in [0.4, 0.5) is 10.2 Å². The number of anilines is 1. The Kier molecular flexibility index (Phi) is 4.72. The molecule has 0 saturated heterocycles. The van der Waals surface area contributed by atoms with Crippen molar-refractivity contribution in [3.8, 4) is 0 Å². The van der Waals surface area contributed by atoms with E-state index in [1.807, 2.05) is 0 Å². The predicted octanol–water partition coefficient (Wildman–Crippen LogP) is 2.12. The number of carbonyl (C=O) groups is 1. The summed E-state index contributed by atoms with van der Waals surface area (Å²) in [6.07, 6.45) is 0.361. The summed E-state index contributed by atoms with van der Waals surface area (Å²) in [7, 11) is 0. The van der Waals surface area contributed by atoms with Crippen LogP contribution >= 0.6 is 11.6 Å². The van der Waals surface area contributed by atoms with Crippen LogP contribution in [0.5, 0.6) is 0 Å². The van der Waals surface area contributed by atoms with Crippen LogP contribution in [0, 0.1) is 5.82 Å². The molecule has 2 aromatic rings. The first-order valence-electron chi connectivity index (χ1n) is 6.10. The Bertz CT molecular complexity index is 666. The van der Waals surface area contributed by atoms with Crippen LogP contribution in [0.25, 0.3) is 0 Å². The molecule has 0 radical (unpaired) electrons. The monoisotopic (exact) mass is 309 g/mol. The Labute approximate surface area is 125 Å². The lowest BCUT2D eigenvalue weighted by Crippen LogP contribution is -2.15. The van der Waals surface area contributed by atoms with Gasteiger partial charge in [0.15, 0.2) is 0 Å². The Morgan fingerprint density at radius 3 is 2.86 bits per heavy atom. The van der Waals surface area contributed by atoms with E-state index in [2.05, 4.69) is 10.3 Å². The number of aliphatic hydroxyl groups is 1. The molecule has 4 N–H and O–H groups in total. The van der Waals surface area contributed by atoms with Crippen LogP contribution in [-0.4, -0.2) is 22.5 Å². The van der Waals surface area contributed by atoms with Gasteiger partial charge in [0.05, 0.1) is 16.7 Å². The Balaban J connectivity index is 2.04. The number of hydrogen-bond acceptors (Lipinski definition) is 4. The topological polar surface area (TPSA) is 88.2 Å². The van der Waals surface area contributed by atoms with Gasteiger partial charge >= 0.3 is 0 Å². The van der Waals surface area contributed by atoms with E-state index < -0.39 is 17.8 Å². The molecule has 0 aliphatic rings. The van der Waals surface area contributed by atoms with Crippen LogP contribution < -0.4 is 11.1 Å². The molecule has 0 saturated carbocycles. The number of carbonyl (C=O) groups excluding carboxylic acids is 1. The highest BCUT2D eigenvalue weighted by Crippen LogP contribution is 2.21. The lowest BCUT2D eigenvalue weighted by atomic mass is 10.1. The van der Waals surface area contributed by atoms with E-state index >= 15 is 0 Å². The first kappa shape index (κ1) is 15.2. The Morgan fingerprint density at radius 1 is 1.48 bits per heavy atom. The molecule has 1 aromatic carbocycles. The van der Waals surface area contributed by atoms with E-state index in [0.717, 1.165) is 0 Å². The molecule has 1 aromatic heterocycles. The third-order valence-electron chi connectivity index (χ3n) is 2.82. The summed E-state index contributed by atoms with van der Waals surface area (Å²) in [5.41, 5.74) is 5.74. The van der Waals surface area contributed by atoms with Crippen molar-refractivity contribution < 1.29 is 14.3 Å². The maximum atomic E-state index is 13.1. The minimum absolute atomic E-state index is 0.0894. The van der Waals surface area contributed by atoms with Gasteiger partial charge in [0.2, 0.25) is 5.91 Å². The minimum atomic E-state index is -0.922. The summed E-state index contributed by atoms with van der Waals surface area (Å²) in [5, 5.41) is 13.0. The smallest absolute Gasteiger partial charge is 0.250 e. The fraction of sp³-hybridized carbons (Fsp3) is 0.143. The average Bonchev–Trinajstić information content (AvgIpc) is 2.45. The molecular formula is C14H13ClFN3O2. The van der Waals surface area contributed by atoms with Crippen molar-refractivity contribution in [2.75, 3.05) is 11.9 Å². The van der Waals surface area contributed by atoms with Crippen LogP contribution in [0.15, 0.2) is 36.5 Å². The molecule has 0 unspecified atom stereocenters. The van der Waals surface area contributed by atoms with Crippen molar-refractivity contribution in [3.63, 3.8) is 0 Å². The Morgan fingerprint density at radius 2 is 2.24 bits per heavy atom. The van der Waals surface area contributed by atoms with Crippen LogP contribution in [0.1, 0.15) is 22.0 Å². The van der Waals surface area contributed by atoms with Gasteiger partial charge in [-0.25, -0.2) is 9.37 Å². The maximum Gasteiger partial charge on any atom is 0.250 e. The van der Waals surface area contributed by atoms with Gasteiger partial charge in [-0.15, -0.1) is 0 Å². The number of primary amides is 1. The molecule has 0 aliphatic heterocycles. The second kappa shape index (κ2) is 6.51. The fourth-order valence-corrected chi connectivity index (χ4v) is 1.96. The van der Waals surface area contributed by atoms with Gasteiger partial charge in [-0.1, -0.05) is 23.7 Å². The first-order valence-corrected chi connectivity index (χ1v) is 6.48. The molecule has 110 valence electrons. The molecule has 2 rings (SSSR count). The third kappa shape index (κ3) is 3.90. The van der Waals surface area contributed by atoms with E-state index in [-0.39, 0.29) is 17.1 Å². The number of rotatable bonds is 5. The lowest BCUT2D eigenvalue weighted by Gasteiger charge is -2.13. The predicted molar refractivity (Wildman–Crippen MR) is 77.6 cm³/mol. The Hall–Kier alpha value is -2.18. The number of halogens is 2. The summed E-state index contributed by atoms with van der Waals surface area (Å²) >= 11 is 5.95. The third-order valence-corrected chi connectivity index (χ3v) is 3.11. The van der Waals surface area contributed by atoms with Gasteiger partial charge in [0.1, 0.15) is 11.6 Å². The number of aliphatic hydroxyl groups excluding tert-OH is 1. The molecule has 1 atom stereocenters. The molecule has 0 fully saturated rings. The zero-order valence-electron chi connectivity index (χ0n) is 10.9. The van der Waals surface area contributed by atoms with Crippen molar-refractivity contribution in [3.05, 3.63) is 58.5 Å². The van der Waals surface area contributed by atoms with E-state index in [4.69, 9.17) is 17.3 Å². The second-order valence-electron chi connectivity index (χ2n) is 4.37. The normalized spacial score (nSPS) is 12.0. The van der Waals surface area contributed by atoms with E-state index in [0.29, 0.717) is 11.4 Å². The average molecular weight is 310 g/mol. The summed E-state index contributed by atoms with van der Waals surface area (Å²) in [6, 6.07) is 7.05. The standard InChI is InChI=1S/C14H13ClFN3O2/c15-11-5-9(13(17)21)6-18-14(11)19-7-12(20)8-2-1-3-10(16)4-8/h1-6,12,20H,7H2,(H2,17,21)(H,18,19)/t12-/m0/s1. The van der Waals surface area contributed by atoms with E-state index in [1.54, 1.807) is 6.07 Å². The van der Waals surface area contributed by atoms with Gasteiger partial charge in [-0.05, 0) is 23.8 Å². The van der Waals surface area contributed by atoms with Crippen LogP contribution in [-0.2, 0) is 0 Å². The number of nitrogens with one attached hydrogen (secondary N) is 1. The van der Waals surface area contributed by atoms with Gasteiger partial charge < -0.3 is 16.2 Å². The van der Waals surface area contributed by atoms with Gasteiger partial charge in [0, 0.05) is 12.7 Å². The molecule has 1 amide bonds. The highest BCUT2D eigenvalue weighted by molar-refractivity contribution is 6.33. The van der Waals surface area contributed by atoms with Gasteiger partial charge in [-0.3, -0.25) is 4.79 Å². The fourth-order valence-electron chi connectivity index (χ4n) is 1.73. The number of pyridine rings is 1. The van der Waals surface area contributed by atoms with Gasteiger partial charge in [-0.2, -0.15) is 0 Å². The van der Waals surface area contributed by atoms with Crippen LogP contribution in [0.2, 0.25) is 5.02 Å². The minimum Gasteiger partial charge on any atom is -0.387 e. The van der Waals surface area contributed by atoms with E-state index in [9.17, 15) is 14.3 Å². The SMILES string of the molecule is NC(=O)c1cnc(NC[C@H](O)c2cccc(F)c2)c(Cl)c1. The van der Waals surface area contributed by atoms with Crippen molar-refractivity contribution >= 4 is 23.3 Å². The number of nitrogens with zero attached hydrogens (tertiary/aromatic N) is 1.